The number of carbonyl (C=O) groups is 1. The molecule has 2 aromatic carbocycles. The van der Waals surface area contributed by atoms with Crippen LogP contribution in [0.15, 0.2) is 53.4 Å². The summed E-state index contributed by atoms with van der Waals surface area (Å²) < 4.78 is 40.7. The molecular weight excluding hydrogens is 355 g/mol. The zero-order valence-electron chi connectivity index (χ0n) is 14.5. The third-order valence-corrected chi connectivity index (χ3v) is 5.92. The smallest absolute Gasteiger partial charge is 0.261 e. The van der Waals surface area contributed by atoms with Gasteiger partial charge in [0.2, 0.25) is 0 Å². The lowest BCUT2D eigenvalue weighted by atomic mass is 9.98. The number of carbonyl (C=O) groups excluding carboxylic acids is 1. The van der Waals surface area contributed by atoms with Gasteiger partial charge in [-0.2, -0.15) is 0 Å². The summed E-state index contributed by atoms with van der Waals surface area (Å²) in [5, 5.41) is 0. The lowest BCUT2D eigenvalue weighted by Crippen LogP contribution is -2.37. The molecule has 1 N–H and O–H groups in total. The Morgan fingerprint density at radius 3 is 2.50 bits per heavy atom. The molecule has 0 radical (unpaired) electrons. The number of hydrogen-bond acceptors (Lipinski definition) is 3. The lowest BCUT2D eigenvalue weighted by Gasteiger charge is -2.30. The number of sulfonamides is 1. The molecule has 0 aliphatic carbocycles. The second-order valence-corrected chi connectivity index (χ2v) is 8.30. The van der Waals surface area contributed by atoms with E-state index in [-0.39, 0.29) is 16.5 Å². The Bertz CT molecular complexity index is 907. The van der Waals surface area contributed by atoms with Gasteiger partial charge in [-0.25, -0.2) is 12.8 Å². The second-order valence-electron chi connectivity index (χ2n) is 6.62. The fourth-order valence-corrected chi connectivity index (χ4v) is 4.05. The molecule has 0 saturated carbocycles. The van der Waals surface area contributed by atoms with E-state index < -0.39 is 15.8 Å². The molecule has 0 unspecified atom stereocenters. The summed E-state index contributed by atoms with van der Waals surface area (Å²) in [5.41, 5.74) is 0.466. The van der Waals surface area contributed by atoms with Gasteiger partial charge in [-0.15, -0.1) is 0 Å². The van der Waals surface area contributed by atoms with Gasteiger partial charge in [-0.1, -0.05) is 19.1 Å². The number of nitrogens with one attached hydrogen (secondary N) is 1. The van der Waals surface area contributed by atoms with E-state index in [4.69, 9.17) is 0 Å². The van der Waals surface area contributed by atoms with E-state index in [0.717, 1.165) is 18.9 Å². The number of hydrogen-bond donors (Lipinski definition) is 1. The van der Waals surface area contributed by atoms with Gasteiger partial charge < -0.3 is 4.90 Å². The van der Waals surface area contributed by atoms with Crippen LogP contribution in [-0.2, 0) is 10.0 Å². The molecule has 1 saturated heterocycles. The summed E-state index contributed by atoms with van der Waals surface area (Å²) in [4.78, 5) is 14.4. The van der Waals surface area contributed by atoms with Crippen molar-refractivity contribution < 1.29 is 17.6 Å². The minimum Gasteiger partial charge on any atom is -0.339 e. The van der Waals surface area contributed by atoms with Crippen LogP contribution in [0.4, 0.5) is 10.1 Å². The van der Waals surface area contributed by atoms with Crippen LogP contribution in [0.25, 0.3) is 0 Å². The number of anilines is 1. The van der Waals surface area contributed by atoms with E-state index in [2.05, 4.69) is 11.6 Å². The van der Waals surface area contributed by atoms with Gasteiger partial charge in [0.05, 0.1) is 10.6 Å². The highest BCUT2D eigenvalue weighted by Crippen LogP contribution is 2.21. The van der Waals surface area contributed by atoms with Crippen LogP contribution in [0.2, 0.25) is 0 Å². The Morgan fingerprint density at radius 1 is 1.12 bits per heavy atom. The Kier molecular flexibility index (Phi) is 5.27. The molecule has 1 heterocycles. The van der Waals surface area contributed by atoms with Gasteiger partial charge in [0, 0.05) is 18.7 Å². The van der Waals surface area contributed by atoms with Crippen molar-refractivity contribution in [3.8, 4) is 0 Å². The first-order chi connectivity index (χ1) is 12.3. The molecule has 0 atom stereocenters. The van der Waals surface area contributed by atoms with E-state index in [1.165, 1.54) is 30.3 Å². The van der Waals surface area contributed by atoms with Crippen molar-refractivity contribution in [3.05, 3.63) is 59.9 Å². The van der Waals surface area contributed by atoms with E-state index in [1.54, 1.807) is 17.0 Å². The van der Waals surface area contributed by atoms with Gasteiger partial charge in [0.1, 0.15) is 5.82 Å². The van der Waals surface area contributed by atoms with E-state index in [9.17, 15) is 17.6 Å². The topological polar surface area (TPSA) is 66.5 Å². The first-order valence-corrected chi connectivity index (χ1v) is 10.0. The predicted molar refractivity (Wildman–Crippen MR) is 98.0 cm³/mol. The SMILES string of the molecule is CC1CCN(C(=O)c2cccc(S(=O)(=O)Nc3cccc(F)c3)c2)CC1. The van der Waals surface area contributed by atoms with Crippen LogP contribution >= 0.6 is 0 Å². The maximum atomic E-state index is 13.3. The van der Waals surface area contributed by atoms with Crippen LogP contribution in [0, 0.1) is 11.7 Å². The zero-order chi connectivity index (χ0) is 18.7. The normalized spacial score (nSPS) is 15.7. The highest BCUT2D eigenvalue weighted by molar-refractivity contribution is 7.92. The molecule has 5 nitrogen and oxygen atoms in total. The monoisotopic (exact) mass is 376 g/mol. The second kappa shape index (κ2) is 7.45. The van der Waals surface area contributed by atoms with Crippen molar-refractivity contribution in [1.82, 2.24) is 4.90 Å². The van der Waals surface area contributed by atoms with Crippen molar-refractivity contribution >= 4 is 21.6 Å². The molecule has 26 heavy (non-hydrogen) atoms. The molecule has 1 aliphatic rings. The van der Waals surface area contributed by atoms with Crippen molar-refractivity contribution in [2.45, 2.75) is 24.7 Å². The molecule has 0 aromatic heterocycles. The first kappa shape index (κ1) is 18.4. The number of piperidine rings is 1. The fourth-order valence-electron chi connectivity index (χ4n) is 2.96. The Hall–Kier alpha value is -2.41. The summed E-state index contributed by atoms with van der Waals surface area (Å²) in [6.45, 7) is 3.52. The molecule has 3 rings (SSSR count). The predicted octanol–water partition coefficient (Wildman–Crippen LogP) is 3.50. The summed E-state index contributed by atoms with van der Waals surface area (Å²) in [7, 11) is -3.91. The van der Waals surface area contributed by atoms with E-state index in [1.807, 2.05) is 0 Å². The van der Waals surface area contributed by atoms with Crippen LogP contribution < -0.4 is 4.72 Å². The number of halogens is 1. The van der Waals surface area contributed by atoms with E-state index >= 15 is 0 Å². The summed E-state index contributed by atoms with van der Waals surface area (Å²) in [5.74, 6) is -0.102. The minimum absolute atomic E-state index is 0.0296. The number of nitrogens with zero attached hydrogens (tertiary/aromatic N) is 1. The molecule has 2 aromatic rings. The third-order valence-electron chi connectivity index (χ3n) is 4.54. The summed E-state index contributed by atoms with van der Waals surface area (Å²) in [6, 6.07) is 11.1. The van der Waals surface area contributed by atoms with Crippen molar-refractivity contribution in [2.75, 3.05) is 17.8 Å². The number of amides is 1. The van der Waals surface area contributed by atoms with E-state index in [0.29, 0.717) is 24.6 Å². The molecule has 1 amide bonds. The quantitative estimate of drug-likeness (QED) is 0.888. The van der Waals surface area contributed by atoms with Crippen molar-refractivity contribution in [1.29, 1.82) is 0 Å². The molecule has 7 heteroatoms. The fraction of sp³-hybridized carbons (Fsp3) is 0.316. The molecule has 1 fully saturated rings. The van der Waals surface area contributed by atoms with Crippen LogP contribution in [0.5, 0.6) is 0 Å². The number of rotatable bonds is 4. The first-order valence-electron chi connectivity index (χ1n) is 8.53. The van der Waals surface area contributed by atoms with Crippen LogP contribution in [0.3, 0.4) is 0 Å². The van der Waals surface area contributed by atoms with Crippen LogP contribution in [-0.4, -0.2) is 32.3 Å². The zero-order valence-corrected chi connectivity index (χ0v) is 15.3. The third kappa shape index (κ3) is 4.22. The highest BCUT2D eigenvalue weighted by Gasteiger charge is 2.23. The van der Waals surface area contributed by atoms with Gasteiger partial charge >= 0.3 is 0 Å². The number of benzene rings is 2. The molecule has 0 bridgehead atoms. The Labute approximate surface area is 152 Å². The standard InChI is InChI=1S/C19H21FN2O3S/c1-14-8-10-22(11-9-14)19(23)15-4-2-7-18(12-15)26(24,25)21-17-6-3-5-16(20)13-17/h2-7,12-14,21H,8-11H2,1H3. The maximum Gasteiger partial charge on any atom is 0.261 e. The largest absolute Gasteiger partial charge is 0.339 e. The molecule has 0 spiro atoms. The summed E-state index contributed by atoms with van der Waals surface area (Å²) >= 11 is 0. The van der Waals surface area contributed by atoms with Crippen molar-refractivity contribution in [2.24, 2.45) is 5.92 Å². The average molecular weight is 376 g/mol. The Morgan fingerprint density at radius 2 is 1.81 bits per heavy atom. The maximum absolute atomic E-state index is 13.3. The van der Waals surface area contributed by atoms with Crippen LogP contribution in [0.1, 0.15) is 30.1 Å². The van der Waals surface area contributed by atoms with Gasteiger partial charge in [-0.05, 0) is 55.2 Å². The number of likely N-dealkylation sites (tertiary alicyclic amines) is 1. The average Bonchev–Trinajstić information content (AvgIpc) is 2.61. The molecule has 1 aliphatic heterocycles. The molecular formula is C19H21FN2O3S. The van der Waals surface area contributed by atoms with Gasteiger partial charge in [0.25, 0.3) is 15.9 Å². The van der Waals surface area contributed by atoms with Gasteiger partial charge in [-0.3, -0.25) is 9.52 Å². The molecule has 138 valence electrons. The summed E-state index contributed by atoms with van der Waals surface area (Å²) in [6.07, 6.45) is 1.90. The lowest BCUT2D eigenvalue weighted by molar-refractivity contribution is 0.0697. The van der Waals surface area contributed by atoms with Crippen molar-refractivity contribution in [3.63, 3.8) is 0 Å². The van der Waals surface area contributed by atoms with Gasteiger partial charge in [0.15, 0.2) is 0 Å². The Balaban J connectivity index is 1.81. The highest BCUT2D eigenvalue weighted by atomic mass is 32.2. The minimum atomic E-state index is -3.91.